The molecule has 1 N–H and O–H groups in total. The molecule has 1 unspecified atom stereocenters. The van der Waals surface area contributed by atoms with E-state index < -0.39 is 0 Å². The van der Waals surface area contributed by atoms with Gasteiger partial charge in [-0.25, -0.2) is 0 Å². The Bertz CT molecular complexity index is 621. The summed E-state index contributed by atoms with van der Waals surface area (Å²) in [4.78, 5) is 0. The molecule has 1 aliphatic rings. The van der Waals surface area contributed by atoms with E-state index in [4.69, 9.17) is 4.74 Å². The van der Waals surface area contributed by atoms with Crippen LogP contribution >= 0.6 is 0 Å². The highest BCUT2D eigenvalue weighted by atomic mass is 16.5. The van der Waals surface area contributed by atoms with Crippen LogP contribution in [0.3, 0.4) is 0 Å². The molecule has 110 valence electrons. The molecule has 2 heteroatoms. The molecule has 0 aliphatic heterocycles. The Hall–Kier alpha value is -1.80. The van der Waals surface area contributed by atoms with Gasteiger partial charge in [-0.2, -0.15) is 0 Å². The maximum atomic E-state index is 5.52. The van der Waals surface area contributed by atoms with E-state index in [2.05, 4.69) is 35.6 Å². The van der Waals surface area contributed by atoms with Gasteiger partial charge in [-0.05, 0) is 55.5 Å². The van der Waals surface area contributed by atoms with Crippen LogP contribution in [0.5, 0.6) is 5.75 Å². The molecule has 0 bridgehead atoms. The lowest BCUT2D eigenvalue weighted by Gasteiger charge is -2.23. The van der Waals surface area contributed by atoms with Crippen LogP contribution in [-0.2, 0) is 12.8 Å². The molecule has 0 fully saturated rings. The minimum absolute atomic E-state index is 0.174. The van der Waals surface area contributed by atoms with E-state index >= 15 is 0 Å². The lowest BCUT2D eigenvalue weighted by Crippen LogP contribution is -2.19. The second-order valence-corrected chi connectivity index (χ2v) is 5.70. The third kappa shape index (κ3) is 2.81. The number of fused-ring (bicyclic) bond motifs is 1. The number of aryl methyl sites for hydroxylation is 2. The molecule has 1 aliphatic carbocycles. The standard InChI is InChI=1S/C19H23NO/c1-20-19(17-9-5-6-10-18(17)21-2)16-12-11-14-7-3-4-8-15(14)13-16/h5-6,9-13,19-20H,3-4,7-8H2,1-2H3. The summed E-state index contributed by atoms with van der Waals surface area (Å²) >= 11 is 0. The molecule has 0 heterocycles. The summed E-state index contributed by atoms with van der Waals surface area (Å²) in [7, 11) is 3.75. The van der Waals surface area contributed by atoms with Gasteiger partial charge < -0.3 is 10.1 Å². The summed E-state index contributed by atoms with van der Waals surface area (Å²) in [6, 6.07) is 15.4. The molecule has 0 saturated heterocycles. The van der Waals surface area contributed by atoms with E-state index in [1.807, 2.05) is 19.2 Å². The van der Waals surface area contributed by atoms with Gasteiger partial charge in [0.2, 0.25) is 0 Å². The fourth-order valence-electron chi connectivity index (χ4n) is 3.34. The summed E-state index contributed by atoms with van der Waals surface area (Å²) in [5.74, 6) is 0.939. The zero-order chi connectivity index (χ0) is 14.7. The Morgan fingerprint density at radius 2 is 1.76 bits per heavy atom. The molecular weight excluding hydrogens is 258 g/mol. The van der Waals surface area contributed by atoms with E-state index in [0.717, 1.165) is 5.75 Å². The smallest absolute Gasteiger partial charge is 0.123 e. The maximum absolute atomic E-state index is 5.52. The molecule has 0 aromatic heterocycles. The zero-order valence-electron chi connectivity index (χ0n) is 12.9. The van der Waals surface area contributed by atoms with Crippen LogP contribution in [0.2, 0.25) is 0 Å². The van der Waals surface area contributed by atoms with Gasteiger partial charge in [0.25, 0.3) is 0 Å². The Morgan fingerprint density at radius 3 is 2.52 bits per heavy atom. The largest absolute Gasteiger partial charge is 0.496 e. The van der Waals surface area contributed by atoms with Crippen molar-refractivity contribution >= 4 is 0 Å². The van der Waals surface area contributed by atoms with Crippen molar-refractivity contribution in [3.05, 3.63) is 64.7 Å². The molecule has 1 atom stereocenters. The molecular formula is C19H23NO. The molecule has 0 amide bonds. The first-order chi connectivity index (χ1) is 10.3. The first-order valence-corrected chi connectivity index (χ1v) is 7.75. The highest BCUT2D eigenvalue weighted by molar-refractivity contribution is 5.44. The second-order valence-electron chi connectivity index (χ2n) is 5.70. The minimum Gasteiger partial charge on any atom is -0.496 e. The van der Waals surface area contributed by atoms with E-state index in [9.17, 15) is 0 Å². The van der Waals surface area contributed by atoms with Crippen LogP contribution in [0.15, 0.2) is 42.5 Å². The summed E-state index contributed by atoms with van der Waals surface area (Å²) in [5.41, 5.74) is 5.56. The monoisotopic (exact) mass is 281 g/mol. The third-order valence-electron chi connectivity index (χ3n) is 4.44. The third-order valence-corrected chi connectivity index (χ3v) is 4.44. The van der Waals surface area contributed by atoms with E-state index in [0.29, 0.717) is 0 Å². The predicted octanol–water partition coefficient (Wildman–Crippen LogP) is 3.88. The summed E-state index contributed by atoms with van der Waals surface area (Å²) in [5, 5.41) is 3.44. The molecule has 3 rings (SSSR count). The number of rotatable bonds is 4. The Morgan fingerprint density at radius 1 is 1.00 bits per heavy atom. The van der Waals surface area contributed by atoms with Crippen LogP contribution in [0.25, 0.3) is 0 Å². The summed E-state index contributed by atoms with van der Waals surface area (Å²) in [6.07, 6.45) is 5.09. The molecule has 0 radical (unpaired) electrons. The van der Waals surface area contributed by atoms with Crippen LogP contribution in [0.4, 0.5) is 0 Å². The first kappa shape index (κ1) is 14.2. The van der Waals surface area contributed by atoms with Crippen molar-refractivity contribution in [1.29, 1.82) is 0 Å². The summed E-state index contributed by atoms with van der Waals surface area (Å²) < 4.78 is 5.52. The van der Waals surface area contributed by atoms with Crippen molar-refractivity contribution < 1.29 is 4.74 Å². The first-order valence-electron chi connectivity index (χ1n) is 7.75. The molecule has 2 nitrogen and oxygen atoms in total. The van der Waals surface area contributed by atoms with Crippen molar-refractivity contribution in [1.82, 2.24) is 5.32 Å². The van der Waals surface area contributed by atoms with Gasteiger partial charge in [-0.1, -0.05) is 36.4 Å². The number of benzene rings is 2. The van der Waals surface area contributed by atoms with Gasteiger partial charge in [0.05, 0.1) is 13.2 Å². The lowest BCUT2D eigenvalue weighted by atomic mass is 9.88. The molecule has 2 aromatic carbocycles. The van der Waals surface area contributed by atoms with E-state index in [1.54, 1.807) is 7.11 Å². The van der Waals surface area contributed by atoms with Crippen molar-refractivity contribution in [3.8, 4) is 5.75 Å². The van der Waals surface area contributed by atoms with E-state index in [1.165, 1.54) is 47.9 Å². The average molecular weight is 281 g/mol. The number of methoxy groups -OCH3 is 1. The van der Waals surface area contributed by atoms with Crippen LogP contribution in [-0.4, -0.2) is 14.2 Å². The second kappa shape index (κ2) is 6.31. The Kier molecular flexibility index (Phi) is 4.26. The van der Waals surface area contributed by atoms with Crippen molar-refractivity contribution in [2.75, 3.05) is 14.2 Å². The van der Waals surface area contributed by atoms with Crippen LogP contribution in [0, 0.1) is 0 Å². The van der Waals surface area contributed by atoms with Gasteiger partial charge in [0, 0.05) is 5.56 Å². The van der Waals surface area contributed by atoms with Crippen LogP contribution < -0.4 is 10.1 Å². The molecule has 0 spiro atoms. The molecule has 0 saturated carbocycles. The summed E-state index contributed by atoms with van der Waals surface area (Å²) in [6.45, 7) is 0. The van der Waals surface area contributed by atoms with Gasteiger partial charge in [-0.15, -0.1) is 0 Å². The number of para-hydroxylation sites is 1. The Labute approximate surface area is 127 Å². The van der Waals surface area contributed by atoms with Gasteiger partial charge >= 0.3 is 0 Å². The molecule has 21 heavy (non-hydrogen) atoms. The number of hydrogen-bond donors (Lipinski definition) is 1. The fraction of sp³-hybridized carbons (Fsp3) is 0.368. The van der Waals surface area contributed by atoms with E-state index in [-0.39, 0.29) is 6.04 Å². The average Bonchev–Trinajstić information content (AvgIpc) is 2.56. The SMILES string of the molecule is CNC(c1ccc2c(c1)CCCC2)c1ccccc1OC. The quantitative estimate of drug-likeness (QED) is 0.918. The van der Waals surface area contributed by atoms with Gasteiger partial charge in [0.1, 0.15) is 5.75 Å². The zero-order valence-corrected chi connectivity index (χ0v) is 12.9. The van der Waals surface area contributed by atoms with Crippen molar-refractivity contribution in [3.63, 3.8) is 0 Å². The normalized spacial score (nSPS) is 15.3. The maximum Gasteiger partial charge on any atom is 0.123 e. The number of nitrogens with one attached hydrogen (secondary N) is 1. The Balaban J connectivity index is 2.00. The van der Waals surface area contributed by atoms with Crippen molar-refractivity contribution in [2.45, 2.75) is 31.7 Å². The predicted molar refractivity (Wildman–Crippen MR) is 87.0 cm³/mol. The van der Waals surface area contributed by atoms with Crippen molar-refractivity contribution in [2.24, 2.45) is 0 Å². The topological polar surface area (TPSA) is 21.3 Å². The number of ether oxygens (including phenoxy) is 1. The minimum atomic E-state index is 0.174. The van der Waals surface area contributed by atoms with Gasteiger partial charge in [-0.3, -0.25) is 0 Å². The number of hydrogen-bond acceptors (Lipinski definition) is 2. The lowest BCUT2D eigenvalue weighted by molar-refractivity contribution is 0.405. The van der Waals surface area contributed by atoms with Crippen LogP contribution in [0.1, 0.15) is 41.1 Å². The highest BCUT2D eigenvalue weighted by Crippen LogP contribution is 2.32. The fourth-order valence-corrected chi connectivity index (χ4v) is 3.34. The van der Waals surface area contributed by atoms with Gasteiger partial charge in [0.15, 0.2) is 0 Å². The molecule has 2 aromatic rings. The highest BCUT2D eigenvalue weighted by Gasteiger charge is 2.18.